The number of nitrogen functional groups attached to an aromatic ring is 1. The normalized spacial score (nSPS) is 13.2. The summed E-state index contributed by atoms with van der Waals surface area (Å²) in [5, 5.41) is 17.3. The second-order valence-electron chi connectivity index (χ2n) is 4.59. The highest BCUT2D eigenvalue weighted by Crippen LogP contribution is 2.38. The minimum absolute atomic E-state index is 0.290. The van der Waals surface area contributed by atoms with Gasteiger partial charge in [-0.05, 0) is 30.7 Å². The lowest BCUT2D eigenvalue weighted by Gasteiger charge is -2.07. The fraction of sp³-hybridized carbons (Fsp3) is 0.286. The molecule has 4 N–H and O–H groups in total. The number of benzene rings is 1. The van der Waals surface area contributed by atoms with E-state index in [2.05, 4.69) is 23.5 Å². The van der Waals surface area contributed by atoms with Gasteiger partial charge in [0.1, 0.15) is 0 Å². The van der Waals surface area contributed by atoms with E-state index in [1.807, 2.05) is 13.0 Å². The summed E-state index contributed by atoms with van der Waals surface area (Å²) in [6.07, 6.45) is 0.477. The first-order chi connectivity index (χ1) is 9.17. The van der Waals surface area contributed by atoms with Gasteiger partial charge < -0.3 is 16.2 Å². The Hall–Kier alpha value is -1.30. The third kappa shape index (κ3) is 2.41. The third-order valence-corrected chi connectivity index (χ3v) is 5.19. The maximum Gasteiger partial charge on any atom is 0.0896 e. The molecule has 0 spiro atoms. The molecule has 0 aliphatic rings. The second-order valence-corrected chi connectivity index (χ2v) is 6.79. The van der Waals surface area contributed by atoms with Crippen molar-refractivity contribution in [2.24, 2.45) is 0 Å². The number of hydrogen-bond donors (Lipinski definition) is 3. The van der Waals surface area contributed by atoms with Crippen LogP contribution in [0.4, 0.5) is 10.0 Å². The molecule has 0 radical (unpaired) electrons. The Bertz CT molecular complexity index is 717. The van der Waals surface area contributed by atoms with Gasteiger partial charge in [-0.2, -0.15) is 0 Å². The lowest BCUT2D eigenvalue weighted by molar-refractivity contribution is 0.183. The highest BCUT2D eigenvalue weighted by molar-refractivity contribution is 7.24. The molecule has 2 heterocycles. The van der Waals surface area contributed by atoms with Gasteiger partial charge in [0.15, 0.2) is 0 Å². The van der Waals surface area contributed by atoms with E-state index in [4.69, 9.17) is 5.73 Å². The van der Waals surface area contributed by atoms with Crippen molar-refractivity contribution in [3.05, 3.63) is 24.3 Å². The molecule has 2 aromatic heterocycles. The summed E-state index contributed by atoms with van der Waals surface area (Å²) in [7, 11) is 0. The average molecular weight is 292 g/mol. The van der Waals surface area contributed by atoms with Gasteiger partial charge in [-0.25, -0.2) is 0 Å². The standard InChI is InChI=1S/C14H16N2OS2/c1-2-8(17)7-16-14-6-10-9-5-13(15)18-11(9)3-4-12(10)19-14/h3-6,8,16-17H,2,7,15H2,1H3. The smallest absolute Gasteiger partial charge is 0.0896 e. The highest BCUT2D eigenvalue weighted by atomic mass is 32.1. The first kappa shape index (κ1) is 12.7. The van der Waals surface area contributed by atoms with Crippen molar-refractivity contribution in [2.75, 3.05) is 17.6 Å². The van der Waals surface area contributed by atoms with Gasteiger partial charge in [0.2, 0.25) is 0 Å². The van der Waals surface area contributed by atoms with Crippen molar-refractivity contribution in [2.45, 2.75) is 19.4 Å². The molecule has 3 nitrogen and oxygen atoms in total. The number of thiophene rings is 2. The number of hydrogen-bond acceptors (Lipinski definition) is 5. The number of anilines is 2. The van der Waals surface area contributed by atoms with Crippen LogP contribution in [-0.4, -0.2) is 17.8 Å². The molecule has 3 rings (SSSR count). The summed E-state index contributed by atoms with van der Waals surface area (Å²) in [5.74, 6) is 0. The van der Waals surface area contributed by atoms with E-state index in [-0.39, 0.29) is 6.10 Å². The van der Waals surface area contributed by atoms with E-state index in [0.717, 1.165) is 16.4 Å². The number of aliphatic hydroxyl groups is 1. The van der Waals surface area contributed by atoms with Gasteiger partial charge in [0.05, 0.1) is 16.1 Å². The summed E-state index contributed by atoms with van der Waals surface area (Å²) in [6.45, 7) is 2.58. The average Bonchev–Trinajstić information content (AvgIpc) is 2.97. The van der Waals surface area contributed by atoms with Crippen LogP contribution in [0.15, 0.2) is 24.3 Å². The van der Waals surface area contributed by atoms with Gasteiger partial charge >= 0.3 is 0 Å². The van der Waals surface area contributed by atoms with Gasteiger partial charge in [-0.15, -0.1) is 22.7 Å². The van der Waals surface area contributed by atoms with Gasteiger partial charge in [-0.1, -0.05) is 6.92 Å². The van der Waals surface area contributed by atoms with Crippen LogP contribution in [0.5, 0.6) is 0 Å². The summed E-state index contributed by atoms with van der Waals surface area (Å²) < 4.78 is 2.47. The van der Waals surface area contributed by atoms with Crippen LogP contribution in [0.2, 0.25) is 0 Å². The van der Waals surface area contributed by atoms with E-state index in [9.17, 15) is 5.11 Å². The van der Waals surface area contributed by atoms with E-state index in [1.165, 1.54) is 20.2 Å². The van der Waals surface area contributed by atoms with Crippen molar-refractivity contribution >= 4 is 52.8 Å². The van der Waals surface area contributed by atoms with Gasteiger partial charge in [0, 0.05) is 26.7 Å². The van der Waals surface area contributed by atoms with Gasteiger partial charge in [0.25, 0.3) is 0 Å². The summed E-state index contributed by atoms with van der Waals surface area (Å²) in [6, 6.07) is 8.45. The molecule has 1 aromatic carbocycles. The zero-order valence-corrected chi connectivity index (χ0v) is 12.3. The Labute approximate surface area is 119 Å². The van der Waals surface area contributed by atoms with Crippen molar-refractivity contribution < 1.29 is 5.11 Å². The number of nitrogens with two attached hydrogens (primary N) is 1. The topological polar surface area (TPSA) is 58.3 Å². The van der Waals surface area contributed by atoms with Crippen molar-refractivity contribution in [3.63, 3.8) is 0 Å². The van der Waals surface area contributed by atoms with E-state index >= 15 is 0 Å². The SMILES string of the molecule is CCC(O)CNc1cc2c(ccc3sc(N)cc32)s1. The molecule has 5 heteroatoms. The van der Waals surface area contributed by atoms with Crippen LogP contribution >= 0.6 is 22.7 Å². The molecule has 1 atom stereocenters. The lowest BCUT2D eigenvalue weighted by atomic mass is 10.2. The van der Waals surface area contributed by atoms with Crippen molar-refractivity contribution in [3.8, 4) is 0 Å². The molecule has 0 aliphatic heterocycles. The molecule has 1 unspecified atom stereocenters. The lowest BCUT2D eigenvalue weighted by Crippen LogP contribution is -2.17. The molecule has 19 heavy (non-hydrogen) atoms. The molecular formula is C14H16N2OS2. The molecule has 0 fully saturated rings. The number of nitrogens with one attached hydrogen (secondary N) is 1. The highest BCUT2D eigenvalue weighted by Gasteiger charge is 2.09. The predicted octanol–water partition coefficient (Wildman–Crippen LogP) is 3.88. The fourth-order valence-electron chi connectivity index (χ4n) is 2.10. The monoisotopic (exact) mass is 292 g/mol. The van der Waals surface area contributed by atoms with Gasteiger partial charge in [-0.3, -0.25) is 0 Å². The van der Waals surface area contributed by atoms with Crippen LogP contribution < -0.4 is 11.1 Å². The molecule has 3 aromatic rings. The Morgan fingerprint density at radius 1 is 1.21 bits per heavy atom. The molecule has 0 bridgehead atoms. The van der Waals surface area contributed by atoms with Crippen LogP contribution in [0.25, 0.3) is 20.2 Å². The van der Waals surface area contributed by atoms with E-state index in [0.29, 0.717) is 6.54 Å². The Morgan fingerprint density at radius 3 is 2.63 bits per heavy atom. The van der Waals surface area contributed by atoms with Crippen LogP contribution in [0.3, 0.4) is 0 Å². The summed E-state index contributed by atoms with van der Waals surface area (Å²) in [4.78, 5) is 0. The maximum atomic E-state index is 9.60. The second kappa shape index (κ2) is 5.00. The van der Waals surface area contributed by atoms with Crippen molar-refractivity contribution in [1.29, 1.82) is 0 Å². The van der Waals surface area contributed by atoms with E-state index < -0.39 is 0 Å². The first-order valence-corrected chi connectivity index (χ1v) is 7.94. The van der Waals surface area contributed by atoms with E-state index in [1.54, 1.807) is 22.7 Å². The largest absolute Gasteiger partial charge is 0.391 e. The molecular weight excluding hydrogens is 276 g/mol. The Morgan fingerprint density at radius 2 is 1.89 bits per heavy atom. The minimum Gasteiger partial charge on any atom is -0.391 e. The van der Waals surface area contributed by atoms with Crippen LogP contribution in [0.1, 0.15) is 13.3 Å². The number of rotatable bonds is 4. The Balaban J connectivity index is 1.98. The maximum absolute atomic E-state index is 9.60. The summed E-state index contributed by atoms with van der Waals surface area (Å²) in [5.41, 5.74) is 5.88. The Kier molecular flexibility index (Phi) is 3.35. The zero-order chi connectivity index (χ0) is 13.4. The predicted molar refractivity (Wildman–Crippen MR) is 86.4 cm³/mol. The zero-order valence-electron chi connectivity index (χ0n) is 10.6. The minimum atomic E-state index is -0.290. The molecule has 100 valence electrons. The summed E-state index contributed by atoms with van der Waals surface area (Å²) >= 11 is 3.34. The number of fused-ring (bicyclic) bond motifs is 3. The quantitative estimate of drug-likeness (QED) is 0.684. The first-order valence-electron chi connectivity index (χ1n) is 6.31. The third-order valence-electron chi connectivity index (χ3n) is 3.20. The van der Waals surface area contributed by atoms with Crippen LogP contribution in [-0.2, 0) is 0 Å². The molecule has 0 saturated carbocycles. The number of aliphatic hydroxyl groups excluding tert-OH is 1. The molecule has 0 amide bonds. The molecule has 0 aliphatic carbocycles. The van der Waals surface area contributed by atoms with Crippen molar-refractivity contribution in [1.82, 2.24) is 0 Å². The van der Waals surface area contributed by atoms with Crippen LogP contribution in [0, 0.1) is 0 Å². The fourth-order valence-corrected chi connectivity index (χ4v) is 3.93. The molecule has 0 saturated heterocycles.